The van der Waals surface area contributed by atoms with E-state index in [0.29, 0.717) is 16.7 Å². The van der Waals surface area contributed by atoms with E-state index in [1.165, 1.54) is 25.7 Å². The topological polar surface area (TPSA) is 62.4 Å². The molecule has 1 fully saturated rings. The van der Waals surface area contributed by atoms with Crippen molar-refractivity contribution in [2.24, 2.45) is 10.8 Å². The third-order valence-electron chi connectivity index (χ3n) is 3.04. The van der Waals surface area contributed by atoms with Gasteiger partial charge in [0.25, 0.3) is 0 Å². The van der Waals surface area contributed by atoms with E-state index in [9.17, 15) is 0 Å². The molecular weight excluding hydrogens is 220 g/mol. The van der Waals surface area contributed by atoms with E-state index in [-0.39, 0.29) is 0 Å². The summed E-state index contributed by atoms with van der Waals surface area (Å²) < 4.78 is 0.348. The van der Waals surface area contributed by atoms with Gasteiger partial charge in [-0.15, -0.1) is 0 Å². The lowest BCUT2D eigenvalue weighted by Gasteiger charge is -2.25. The van der Waals surface area contributed by atoms with E-state index in [0.717, 1.165) is 6.54 Å². The number of aliphatic imine (C=N–C) groups is 1. The molecule has 0 heterocycles. The van der Waals surface area contributed by atoms with Gasteiger partial charge in [-0.2, -0.15) is 11.8 Å². The van der Waals surface area contributed by atoms with Crippen molar-refractivity contribution in [3.8, 4) is 0 Å². The Morgan fingerprint density at radius 2 is 2.06 bits per heavy atom. The van der Waals surface area contributed by atoms with Gasteiger partial charge in [0.1, 0.15) is 0 Å². The Balaban J connectivity index is 2.53. The van der Waals surface area contributed by atoms with Gasteiger partial charge in [-0.25, -0.2) is 5.84 Å². The molecule has 1 saturated carbocycles. The van der Waals surface area contributed by atoms with Crippen molar-refractivity contribution >= 4 is 17.7 Å². The van der Waals surface area contributed by atoms with Gasteiger partial charge in [-0.05, 0) is 32.9 Å². The normalized spacial score (nSPS) is 20.2. The minimum atomic E-state index is 0.348. The summed E-state index contributed by atoms with van der Waals surface area (Å²) in [5, 5.41) is 3.20. The highest BCUT2D eigenvalue weighted by Gasteiger charge is 2.32. The molecule has 0 saturated heterocycles. The standard InChI is InChI=1S/C11H24N4S/c1-9(2)14-10(15-12)13-8-11(16-3)6-4-5-7-11/h9H,4-8,12H2,1-3H3,(H2,13,14,15). The van der Waals surface area contributed by atoms with Crippen LogP contribution in [0, 0.1) is 0 Å². The van der Waals surface area contributed by atoms with E-state index in [1.54, 1.807) is 0 Å². The van der Waals surface area contributed by atoms with E-state index >= 15 is 0 Å². The van der Waals surface area contributed by atoms with Crippen LogP contribution in [-0.4, -0.2) is 29.5 Å². The van der Waals surface area contributed by atoms with Gasteiger partial charge < -0.3 is 5.32 Å². The highest BCUT2D eigenvalue weighted by molar-refractivity contribution is 8.00. The molecule has 5 heteroatoms. The zero-order valence-electron chi connectivity index (χ0n) is 10.5. The summed E-state index contributed by atoms with van der Waals surface area (Å²) in [6.07, 6.45) is 7.40. The number of rotatable bonds is 4. The highest BCUT2D eigenvalue weighted by atomic mass is 32.2. The highest BCUT2D eigenvalue weighted by Crippen LogP contribution is 2.40. The Bertz CT molecular complexity index is 234. The summed E-state index contributed by atoms with van der Waals surface area (Å²) >= 11 is 1.95. The zero-order chi connectivity index (χ0) is 12.0. The van der Waals surface area contributed by atoms with Gasteiger partial charge >= 0.3 is 0 Å². The minimum absolute atomic E-state index is 0.348. The van der Waals surface area contributed by atoms with Crippen LogP contribution in [0.25, 0.3) is 0 Å². The molecule has 0 atom stereocenters. The Labute approximate surface area is 103 Å². The Hall–Kier alpha value is -0.420. The average molecular weight is 244 g/mol. The predicted molar refractivity (Wildman–Crippen MR) is 72.6 cm³/mol. The van der Waals surface area contributed by atoms with Crippen LogP contribution < -0.4 is 16.6 Å². The van der Waals surface area contributed by atoms with Crippen LogP contribution in [0.3, 0.4) is 0 Å². The lowest BCUT2D eigenvalue weighted by atomic mass is 10.1. The molecule has 0 aromatic heterocycles. The van der Waals surface area contributed by atoms with Crippen LogP contribution in [-0.2, 0) is 0 Å². The molecule has 0 aromatic carbocycles. The second-order valence-corrected chi connectivity index (χ2v) is 5.98. The number of nitrogens with one attached hydrogen (secondary N) is 2. The van der Waals surface area contributed by atoms with Crippen molar-refractivity contribution in [2.45, 2.75) is 50.3 Å². The van der Waals surface area contributed by atoms with Gasteiger partial charge in [-0.1, -0.05) is 12.8 Å². The van der Waals surface area contributed by atoms with Crippen LogP contribution in [0.1, 0.15) is 39.5 Å². The van der Waals surface area contributed by atoms with Crippen molar-refractivity contribution in [2.75, 3.05) is 12.8 Å². The van der Waals surface area contributed by atoms with Gasteiger partial charge in [0.2, 0.25) is 5.96 Å². The maximum absolute atomic E-state index is 5.44. The molecular formula is C11H24N4S. The van der Waals surface area contributed by atoms with E-state index in [1.807, 2.05) is 11.8 Å². The maximum Gasteiger partial charge on any atom is 0.205 e. The minimum Gasteiger partial charge on any atom is -0.353 e. The summed E-state index contributed by atoms with van der Waals surface area (Å²) in [5.41, 5.74) is 2.63. The van der Waals surface area contributed by atoms with E-state index < -0.39 is 0 Å². The first kappa shape index (κ1) is 13.6. The molecule has 0 aliphatic heterocycles. The fourth-order valence-corrected chi connectivity index (χ4v) is 2.97. The first-order chi connectivity index (χ1) is 7.62. The fourth-order valence-electron chi connectivity index (χ4n) is 2.08. The van der Waals surface area contributed by atoms with E-state index in [2.05, 4.69) is 35.8 Å². The van der Waals surface area contributed by atoms with Gasteiger partial charge in [-0.3, -0.25) is 10.4 Å². The smallest absolute Gasteiger partial charge is 0.205 e. The Kier molecular flexibility index (Phi) is 5.41. The predicted octanol–water partition coefficient (Wildman–Crippen LogP) is 1.48. The lowest BCUT2D eigenvalue weighted by molar-refractivity contribution is 0.612. The molecule has 0 radical (unpaired) electrons. The summed E-state index contributed by atoms with van der Waals surface area (Å²) in [4.78, 5) is 4.56. The van der Waals surface area contributed by atoms with Crippen molar-refractivity contribution in [1.29, 1.82) is 0 Å². The van der Waals surface area contributed by atoms with Crippen molar-refractivity contribution in [1.82, 2.24) is 10.7 Å². The lowest BCUT2D eigenvalue weighted by Crippen LogP contribution is -2.45. The molecule has 4 N–H and O–H groups in total. The maximum atomic E-state index is 5.44. The number of hydrogen-bond donors (Lipinski definition) is 3. The van der Waals surface area contributed by atoms with Crippen LogP contribution in [0.5, 0.6) is 0 Å². The number of nitrogens with two attached hydrogens (primary N) is 1. The summed E-state index contributed by atoms with van der Waals surface area (Å²) in [5.74, 6) is 6.14. The Morgan fingerprint density at radius 1 is 1.44 bits per heavy atom. The van der Waals surface area contributed by atoms with Crippen molar-refractivity contribution in [3.63, 3.8) is 0 Å². The SMILES string of the molecule is CSC1(CN=C(NN)NC(C)C)CCCC1. The van der Waals surface area contributed by atoms with Crippen LogP contribution >= 0.6 is 11.8 Å². The number of hydrogen-bond acceptors (Lipinski definition) is 3. The first-order valence-corrected chi connectivity index (χ1v) is 7.17. The molecule has 0 unspecified atom stereocenters. The van der Waals surface area contributed by atoms with Gasteiger partial charge in [0, 0.05) is 10.8 Å². The molecule has 4 nitrogen and oxygen atoms in total. The second-order valence-electron chi connectivity index (χ2n) is 4.70. The summed E-state index contributed by atoms with van der Waals surface area (Å²) in [6.45, 7) is 5.01. The monoisotopic (exact) mass is 244 g/mol. The molecule has 1 aliphatic rings. The average Bonchev–Trinajstić information content (AvgIpc) is 2.73. The number of hydrazine groups is 1. The molecule has 16 heavy (non-hydrogen) atoms. The first-order valence-electron chi connectivity index (χ1n) is 5.94. The quantitative estimate of drug-likeness (QED) is 0.303. The fraction of sp³-hybridized carbons (Fsp3) is 0.909. The molecule has 0 amide bonds. The third kappa shape index (κ3) is 3.87. The molecule has 0 bridgehead atoms. The van der Waals surface area contributed by atoms with Crippen LogP contribution in [0.4, 0.5) is 0 Å². The zero-order valence-corrected chi connectivity index (χ0v) is 11.4. The third-order valence-corrected chi connectivity index (χ3v) is 4.44. The van der Waals surface area contributed by atoms with Crippen molar-refractivity contribution in [3.05, 3.63) is 0 Å². The summed E-state index contributed by atoms with van der Waals surface area (Å²) in [7, 11) is 0. The number of guanidine groups is 1. The number of nitrogens with zero attached hydrogens (tertiary/aromatic N) is 1. The van der Waals surface area contributed by atoms with Gasteiger partial charge in [0.05, 0.1) is 6.54 Å². The second kappa shape index (κ2) is 6.35. The number of thioether (sulfide) groups is 1. The van der Waals surface area contributed by atoms with E-state index in [4.69, 9.17) is 5.84 Å². The molecule has 0 aromatic rings. The largest absolute Gasteiger partial charge is 0.353 e. The Morgan fingerprint density at radius 3 is 2.50 bits per heavy atom. The van der Waals surface area contributed by atoms with Crippen LogP contribution in [0.2, 0.25) is 0 Å². The van der Waals surface area contributed by atoms with Crippen LogP contribution in [0.15, 0.2) is 4.99 Å². The van der Waals surface area contributed by atoms with Crippen molar-refractivity contribution < 1.29 is 0 Å². The molecule has 94 valence electrons. The molecule has 1 rings (SSSR count). The van der Waals surface area contributed by atoms with Gasteiger partial charge in [0.15, 0.2) is 0 Å². The molecule has 0 spiro atoms. The molecule has 1 aliphatic carbocycles. The summed E-state index contributed by atoms with van der Waals surface area (Å²) in [6, 6.07) is 0.351.